The van der Waals surface area contributed by atoms with Gasteiger partial charge in [-0.3, -0.25) is 9.69 Å². The molecule has 3 N–H and O–H groups in total. The first-order valence-electron chi connectivity index (χ1n) is 6.51. The summed E-state index contributed by atoms with van der Waals surface area (Å²) in [7, 11) is 0. The number of carbonyl (C=O) groups excluding carboxylic acids is 1. The van der Waals surface area contributed by atoms with E-state index < -0.39 is 5.54 Å². The number of primary amides is 1. The number of nitrogens with zero attached hydrogens (tertiary/aromatic N) is 1. The average Bonchev–Trinajstić information content (AvgIpc) is 2.75. The number of nitrogens with one attached hydrogen (secondary N) is 1. The van der Waals surface area contributed by atoms with Gasteiger partial charge < -0.3 is 11.1 Å². The maximum Gasteiger partial charge on any atom is 0.244 e. The first kappa shape index (κ1) is 14.2. The molecule has 2 rings (SSSR count). The van der Waals surface area contributed by atoms with Crippen LogP contribution in [-0.4, -0.2) is 35.5 Å². The second kappa shape index (κ2) is 5.39. The van der Waals surface area contributed by atoms with Gasteiger partial charge in [-0.2, -0.15) is 0 Å². The fraction of sp³-hybridized carbons (Fsp3) is 0.500. The predicted molar refractivity (Wildman–Crippen MR) is 78.3 cm³/mol. The molecular weight excluding hydrogens is 262 g/mol. The Balaban J connectivity index is 2.20. The molecular formula is C14H20ClN3O. The summed E-state index contributed by atoms with van der Waals surface area (Å²) in [6.07, 6.45) is 0.715. The van der Waals surface area contributed by atoms with Crippen LogP contribution in [0.2, 0.25) is 5.02 Å². The first-order chi connectivity index (χ1) is 8.93. The number of hydrogen-bond acceptors (Lipinski definition) is 3. The van der Waals surface area contributed by atoms with Crippen molar-refractivity contribution in [2.24, 2.45) is 5.73 Å². The maximum atomic E-state index is 11.9. The van der Waals surface area contributed by atoms with Crippen molar-refractivity contribution >= 4 is 23.2 Å². The number of carbonyl (C=O) groups is 1. The smallest absolute Gasteiger partial charge is 0.244 e. The van der Waals surface area contributed by atoms with E-state index in [1.807, 2.05) is 18.2 Å². The van der Waals surface area contributed by atoms with E-state index >= 15 is 0 Å². The van der Waals surface area contributed by atoms with E-state index in [2.05, 4.69) is 24.1 Å². The zero-order valence-corrected chi connectivity index (χ0v) is 12.1. The summed E-state index contributed by atoms with van der Waals surface area (Å²) in [5.41, 5.74) is 5.75. The van der Waals surface area contributed by atoms with Crippen molar-refractivity contribution in [1.29, 1.82) is 0 Å². The van der Waals surface area contributed by atoms with Crippen LogP contribution in [0.1, 0.15) is 20.3 Å². The number of amides is 1. The summed E-state index contributed by atoms with van der Waals surface area (Å²) in [5.74, 6) is -0.310. The van der Waals surface area contributed by atoms with Gasteiger partial charge in [-0.25, -0.2) is 0 Å². The van der Waals surface area contributed by atoms with Gasteiger partial charge in [0.05, 0.1) is 0 Å². The van der Waals surface area contributed by atoms with Crippen LogP contribution in [0.25, 0.3) is 0 Å². The molecule has 1 amide bonds. The van der Waals surface area contributed by atoms with Crippen molar-refractivity contribution in [3.63, 3.8) is 0 Å². The van der Waals surface area contributed by atoms with Crippen molar-refractivity contribution < 1.29 is 4.79 Å². The number of halogens is 1. The number of rotatable bonds is 4. The van der Waals surface area contributed by atoms with E-state index in [0.29, 0.717) is 24.0 Å². The van der Waals surface area contributed by atoms with Gasteiger partial charge in [-0.1, -0.05) is 17.7 Å². The maximum absolute atomic E-state index is 11.9. The van der Waals surface area contributed by atoms with Crippen molar-refractivity contribution in [3.05, 3.63) is 29.3 Å². The standard InChI is InChI=1S/C14H20ClN3O/c1-10(2)18-7-6-14(9-18,13(16)19)17-12-5-3-4-11(15)8-12/h3-5,8,10,17H,6-7,9H2,1-2H3,(H2,16,19). The first-order valence-corrected chi connectivity index (χ1v) is 6.88. The number of anilines is 1. The van der Waals surface area contributed by atoms with Gasteiger partial charge in [0.2, 0.25) is 5.91 Å². The Morgan fingerprint density at radius 1 is 1.53 bits per heavy atom. The molecule has 1 aromatic carbocycles. The van der Waals surface area contributed by atoms with Gasteiger partial charge >= 0.3 is 0 Å². The summed E-state index contributed by atoms with van der Waals surface area (Å²) in [6.45, 7) is 5.74. The highest BCUT2D eigenvalue weighted by Crippen LogP contribution is 2.28. The molecule has 0 radical (unpaired) electrons. The summed E-state index contributed by atoms with van der Waals surface area (Å²) in [5, 5.41) is 3.92. The Morgan fingerprint density at radius 2 is 2.26 bits per heavy atom. The van der Waals surface area contributed by atoms with Crippen LogP contribution in [0.3, 0.4) is 0 Å². The van der Waals surface area contributed by atoms with E-state index in [4.69, 9.17) is 17.3 Å². The number of benzene rings is 1. The van der Waals surface area contributed by atoms with E-state index in [1.54, 1.807) is 6.07 Å². The van der Waals surface area contributed by atoms with Gasteiger partial charge in [0.25, 0.3) is 0 Å². The largest absolute Gasteiger partial charge is 0.370 e. The molecule has 1 fully saturated rings. The van der Waals surface area contributed by atoms with Crippen molar-refractivity contribution in [3.8, 4) is 0 Å². The molecule has 0 saturated carbocycles. The molecule has 1 atom stereocenters. The summed E-state index contributed by atoms with van der Waals surface area (Å²) in [6, 6.07) is 7.77. The van der Waals surface area contributed by atoms with Crippen molar-refractivity contribution in [2.75, 3.05) is 18.4 Å². The molecule has 0 aromatic heterocycles. The zero-order valence-electron chi connectivity index (χ0n) is 11.3. The average molecular weight is 282 g/mol. The fourth-order valence-corrected chi connectivity index (χ4v) is 2.68. The summed E-state index contributed by atoms with van der Waals surface area (Å²) in [4.78, 5) is 14.1. The van der Waals surface area contributed by atoms with Crippen LogP contribution in [0.15, 0.2) is 24.3 Å². The topological polar surface area (TPSA) is 58.4 Å². The zero-order chi connectivity index (χ0) is 14.0. The molecule has 0 spiro atoms. The number of likely N-dealkylation sites (tertiary alicyclic amines) is 1. The van der Waals surface area contributed by atoms with E-state index in [-0.39, 0.29) is 5.91 Å². The highest BCUT2D eigenvalue weighted by Gasteiger charge is 2.43. The molecule has 0 bridgehead atoms. The molecule has 104 valence electrons. The van der Waals surface area contributed by atoms with Crippen LogP contribution < -0.4 is 11.1 Å². The Labute approximate surface area is 118 Å². The van der Waals surface area contributed by atoms with Crippen molar-refractivity contribution in [1.82, 2.24) is 4.90 Å². The lowest BCUT2D eigenvalue weighted by Crippen LogP contribution is -2.53. The van der Waals surface area contributed by atoms with Gasteiger partial charge in [-0.05, 0) is 38.5 Å². The fourth-order valence-electron chi connectivity index (χ4n) is 2.49. The normalized spacial score (nSPS) is 23.8. The van der Waals surface area contributed by atoms with Crippen LogP contribution in [0.5, 0.6) is 0 Å². The van der Waals surface area contributed by atoms with E-state index in [9.17, 15) is 4.79 Å². The molecule has 1 aliphatic rings. The Morgan fingerprint density at radius 3 is 2.79 bits per heavy atom. The molecule has 1 unspecified atom stereocenters. The van der Waals surface area contributed by atoms with Gasteiger partial charge in [0.15, 0.2) is 0 Å². The van der Waals surface area contributed by atoms with E-state index in [0.717, 1.165) is 12.2 Å². The highest BCUT2D eigenvalue weighted by molar-refractivity contribution is 6.30. The molecule has 1 heterocycles. The van der Waals surface area contributed by atoms with E-state index in [1.165, 1.54) is 0 Å². The monoisotopic (exact) mass is 281 g/mol. The lowest BCUT2D eigenvalue weighted by molar-refractivity contribution is -0.122. The second-order valence-electron chi connectivity index (χ2n) is 5.40. The quantitative estimate of drug-likeness (QED) is 0.888. The lowest BCUT2D eigenvalue weighted by Gasteiger charge is -2.29. The minimum absolute atomic E-state index is 0.310. The van der Waals surface area contributed by atoms with Gasteiger partial charge in [0, 0.05) is 29.8 Å². The Kier molecular flexibility index (Phi) is 4.02. The lowest BCUT2D eigenvalue weighted by atomic mass is 9.97. The molecule has 1 aliphatic heterocycles. The molecule has 1 saturated heterocycles. The summed E-state index contributed by atoms with van der Waals surface area (Å²) >= 11 is 5.97. The minimum atomic E-state index is -0.699. The summed E-state index contributed by atoms with van der Waals surface area (Å²) < 4.78 is 0. The molecule has 4 nitrogen and oxygen atoms in total. The van der Waals surface area contributed by atoms with Crippen LogP contribution in [-0.2, 0) is 4.79 Å². The van der Waals surface area contributed by atoms with Gasteiger partial charge in [-0.15, -0.1) is 0 Å². The third-order valence-corrected chi connectivity index (χ3v) is 3.94. The third-order valence-electron chi connectivity index (χ3n) is 3.71. The van der Waals surface area contributed by atoms with Crippen LogP contribution in [0, 0.1) is 0 Å². The van der Waals surface area contributed by atoms with Crippen LogP contribution >= 0.6 is 11.6 Å². The second-order valence-corrected chi connectivity index (χ2v) is 5.83. The molecule has 0 aliphatic carbocycles. The van der Waals surface area contributed by atoms with Crippen molar-refractivity contribution in [2.45, 2.75) is 31.8 Å². The molecule has 1 aromatic rings. The van der Waals surface area contributed by atoms with Crippen LogP contribution in [0.4, 0.5) is 5.69 Å². The highest BCUT2D eigenvalue weighted by atomic mass is 35.5. The SMILES string of the molecule is CC(C)N1CCC(Nc2cccc(Cl)c2)(C(N)=O)C1. The minimum Gasteiger partial charge on any atom is -0.370 e. The Hall–Kier alpha value is -1.26. The predicted octanol–water partition coefficient (Wildman–Crippen LogP) is 2.09. The molecule has 5 heteroatoms. The number of hydrogen-bond donors (Lipinski definition) is 2. The third kappa shape index (κ3) is 3.01. The Bertz CT molecular complexity index is 478. The molecule has 19 heavy (non-hydrogen) atoms. The van der Waals surface area contributed by atoms with Gasteiger partial charge in [0.1, 0.15) is 5.54 Å². The number of nitrogens with two attached hydrogens (primary N) is 1.